The van der Waals surface area contributed by atoms with Crippen molar-refractivity contribution in [2.24, 2.45) is 0 Å². The summed E-state index contributed by atoms with van der Waals surface area (Å²) < 4.78 is 10.7. The van der Waals surface area contributed by atoms with Gasteiger partial charge in [-0.05, 0) is 25.0 Å². The Morgan fingerprint density at radius 3 is 3.00 bits per heavy atom. The molecule has 1 heterocycles. The first kappa shape index (κ1) is 12.4. The molecule has 0 atom stereocenters. The predicted octanol–water partition coefficient (Wildman–Crippen LogP) is 2.67. The molecule has 0 bridgehead atoms. The summed E-state index contributed by atoms with van der Waals surface area (Å²) in [5, 5.41) is 13.6. The summed E-state index contributed by atoms with van der Waals surface area (Å²) in [4.78, 5) is 4.27. The van der Waals surface area contributed by atoms with Gasteiger partial charge in [-0.25, -0.2) is 0 Å². The van der Waals surface area contributed by atoms with Crippen LogP contribution in [0.25, 0.3) is 0 Å². The maximum absolute atomic E-state index is 9.27. The Labute approximate surface area is 115 Å². The third kappa shape index (κ3) is 2.72. The molecule has 1 fully saturated rings. The first-order chi connectivity index (χ1) is 9.28. The molecule has 0 spiro atoms. The van der Waals surface area contributed by atoms with Gasteiger partial charge in [0.2, 0.25) is 11.7 Å². The quantitative estimate of drug-likeness (QED) is 0.912. The molecule has 0 amide bonds. The molecule has 1 aromatic heterocycles. The second-order valence-electron chi connectivity index (χ2n) is 4.49. The number of ether oxygens (including phenoxy) is 1. The highest BCUT2D eigenvalue weighted by Crippen LogP contribution is 2.38. The molecule has 3 rings (SSSR count). The molecule has 0 saturated heterocycles. The summed E-state index contributed by atoms with van der Waals surface area (Å²) in [7, 11) is 0. The van der Waals surface area contributed by atoms with E-state index in [1.807, 2.05) is 0 Å². The Bertz CT molecular complexity index is 581. The van der Waals surface area contributed by atoms with Crippen LogP contribution in [-0.4, -0.2) is 15.2 Å². The van der Waals surface area contributed by atoms with Crippen molar-refractivity contribution in [1.29, 1.82) is 0 Å². The zero-order valence-electron chi connectivity index (χ0n) is 10.2. The van der Waals surface area contributed by atoms with Crippen LogP contribution in [0.3, 0.4) is 0 Å². The average Bonchev–Trinajstić information content (AvgIpc) is 3.16. The van der Waals surface area contributed by atoms with E-state index in [0.717, 1.165) is 12.8 Å². The van der Waals surface area contributed by atoms with E-state index < -0.39 is 0 Å². The van der Waals surface area contributed by atoms with Crippen LogP contribution in [0.1, 0.15) is 36.0 Å². The maximum Gasteiger partial charge on any atom is 0.229 e. The molecule has 2 aromatic rings. The van der Waals surface area contributed by atoms with E-state index in [1.54, 1.807) is 18.2 Å². The fourth-order valence-corrected chi connectivity index (χ4v) is 2.02. The monoisotopic (exact) mass is 280 g/mol. The summed E-state index contributed by atoms with van der Waals surface area (Å²) in [5.74, 6) is 2.16. The number of rotatable bonds is 5. The molecule has 6 heteroatoms. The normalized spacial score (nSPS) is 14.6. The van der Waals surface area contributed by atoms with E-state index in [0.29, 0.717) is 34.0 Å². The molecular weight excluding hydrogens is 268 g/mol. The highest BCUT2D eigenvalue weighted by atomic mass is 35.5. The molecule has 19 heavy (non-hydrogen) atoms. The number of benzene rings is 1. The number of nitrogens with zero attached hydrogens (tertiary/aromatic N) is 2. The van der Waals surface area contributed by atoms with Gasteiger partial charge in [0.25, 0.3) is 0 Å². The highest BCUT2D eigenvalue weighted by Gasteiger charge is 2.29. The molecular formula is C13H13ClN2O3. The lowest BCUT2D eigenvalue weighted by Crippen LogP contribution is -2.01. The van der Waals surface area contributed by atoms with E-state index >= 15 is 0 Å². The lowest BCUT2D eigenvalue weighted by molar-refractivity contribution is 0.253. The van der Waals surface area contributed by atoms with E-state index in [1.165, 1.54) is 0 Å². The fourth-order valence-electron chi connectivity index (χ4n) is 1.79. The minimum Gasteiger partial charge on any atom is -0.485 e. The minimum atomic E-state index is -0.172. The van der Waals surface area contributed by atoms with Gasteiger partial charge in [-0.1, -0.05) is 22.8 Å². The standard InChI is InChI=1S/C13H13ClN2O3/c14-10-2-1-3-11(9(10)6-17)18-7-12-15-13(19-16-12)8-4-5-8/h1-3,8,17H,4-7H2. The SMILES string of the molecule is OCc1c(Cl)cccc1OCc1noc(C2CC2)n1. The second-order valence-corrected chi connectivity index (χ2v) is 4.89. The zero-order valence-corrected chi connectivity index (χ0v) is 10.9. The molecule has 1 saturated carbocycles. The van der Waals surface area contributed by atoms with E-state index in [4.69, 9.17) is 20.9 Å². The zero-order chi connectivity index (χ0) is 13.2. The van der Waals surface area contributed by atoms with Crippen molar-refractivity contribution in [2.45, 2.75) is 32.0 Å². The van der Waals surface area contributed by atoms with Crippen molar-refractivity contribution >= 4 is 11.6 Å². The van der Waals surface area contributed by atoms with Crippen molar-refractivity contribution in [2.75, 3.05) is 0 Å². The van der Waals surface area contributed by atoms with Crippen LogP contribution >= 0.6 is 11.6 Å². The van der Waals surface area contributed by atoms with Crippen molar-refractivity contribution in [3.05, 3.63) is 40.5 Å². The van der Waals surface area contributed by atoms with Crippen LogP contribution in [0.15, 0.2) is 22.7 Å². The number of halogens is 1. The van der Waals surface area contributed by atoms with Crippen LogP contribution in [0.4, 0.5) is 0 Å². The van der Waals surface area contributed by atoms with Gasteiger partial charge in [0.1, 0.15) is 5.75 Å². The van der Waals surface area contributed by atoms with Crippen LogP contribution in [0.2, 0.25) is 5.02 Å². The summed E-state index contributed by atoms with van der Waals surface area (Å²) in [5.41, 5.74) is 0.565. The molecule has 1 aliphatic rings. The molecule has 100 valence electrons. The van der Waals surface area contributed by atoms with Gasteiger partial charge in [0, 0.05) is 16.5 Å². The van der Waals surface area contributed by atoms with Gasteiger partial charge in [-0.3, -0.25) is 0 Å². The molecule has 1 aromatic carbocycles. The first-order valence-electron chi connectivity index (χ1n) is 6.11. The second kappa shape index (κ2) is 5.19. The first-order valence-corrected chi connectivity index (χ1v) is 6.49. The molecule has 1 N–H and O–H groups in total. The lowest BCUT2D eigenvalue weighted by atomic mass is 10.2. The third-order valence-corrected chi connectivity index (χ3v) is 3.36. The molecule has 5 nitrogen and oxygen atoms in total. The summed E-state index contributed by atoms with van der Waals surface area (Å²) in [6, 6.07) is 5.22. The Morgan fingerprint density at radius 1 is 1.42 bits per heavy atom. The number of aliphatic hydroxyl groups is 1. The fraction of sp³-hybridized carbons (Fsp3) is 0.385. The van der Waals surface area contributed by atoms with Crippen LogP contribution < -0.4 is 4.74 Å². The van der Waals surface area contributed by atoms with Gasteiger partial charge in [-0.2, -0.15) is 4.98 Å². The van der Waals surface area contributed by atoms with E-state index in [2.05, 4.69) is 10.1 Å². The van der Waals surface area contributed by atoms with Crippen molar-refractivity contribution in [3.63, 3.8) is 0 Å². The lowest BCUT2D eigenvalue weighted by Gasteiger charge is -2.09. The molecule has 0 aliphatic heterocycles. The summed E-state index contributed by atoms with van der Waals surface area (Å²) in [6.07, 6.45) is 2.23. The highest BCUT2D eigenvalue weighted by molar-refractivity contribution is 6.31. The number of hydrogen-bond acceptors (Lipinski definition) is 5. The third-order valence-electron chi connectivity index (χ3n) is 3.00. The number of hydrogen-bond donors (Lipinski definition) is 1. The minimum absolute atomic E-state index is 0.172. The van der Waals surface area contributed by atoms with Gasteiger partial charge >= 0.3 is 0 Å². The Morgan fingerprint density at radius 2 is 2.26 bits per heavy atom. The maximum atomic E-state index is 9.27. The van der Waals surface area contributed by atoms with Crippen molar-refractivity contribution in [3.8, 4) is 5.75 Å². The average molecular weight is 281 g/mol. The number of aliphatic hydroxyl groups excluding tert-OH is 1. The van der Waals surface area contributed by atoms with Crippen LogP contribution in [-0.2, 0) is 13.2 Å². The van der Waals surface area contributed by atoms with Crippen molar-refractivity contribution < 1.29 is 14.4 Å². The molecule has 0 unspecified atom stereocenters. The Hall–Kier alpha value is -1.59. The van der Waals surface area contributed by atoms with Crippen molar-refractivity contribution in [1.82, 2.24) is 10.1 Å². The summed E-state index contributed by atoms with van der Waals surface area (Å²) in [6.45, 7) is 0.0259. The Kier molecular flexibility index (Phi) is 3.40. The Balaban J connectivity index is 1.69. The van der Waals surface area contributed by atoms with E-state index in [-0.39, 0.29) is 13.2 Å². The summed E-state index contributed by atoms with van der Waals surface area (Å²) >= 11 is 5.98. The smallest absolute Gasteiger partial charge is 0.229 e. The van der Waals surface area contributed by atoms with Crippen LogP contribution in [0.5, 0.6) is 5.75 Å². The topological polar surface area (TPSA) is 68.4 Å². The number of aromatic nitrogens is 2. The van der Waals surface area contributed by atoms with E-state index in [9.17, 15) is 5.11 Å². The molecule has 0 radical (unpaired) electrons. The molecule has 1 aliphatic carbocycles. The predicted molar refractivity (Wildman–Crippen MR) is 68.0 cm³/mol. The van der Waals surface area contributed by atoms with Gasteiger partial charge in [0.05, 0.1) is 6.61 Å². The van der Waals surface area contributed by atoms with Crippen LogP contribution in [0, 0.1) is 0 Å². The largest absolute Gasteiger partial charge is 0.485 e. The van der Waals surface area contributed by atoms with Gasteiger partial charge in [0.15, 0.2) is 6.61 Å². The van der Waals surface area contributed by atoms with Gasteiger partial charge < -0.3 is 14.4 Å². The van der Waals surface area contributed by atoms with Gasteiger partial charge in [-0.15, -0.1) is 0 Å².